The zero-order chi connectivity index (χ0) is 65.2. The second-order valence-electron chi connectivity index (χ2n) is 27.1. The fraction of sp³-hybridized carbons (Fsp3) is 0.908. The molecule has 0 aromatic heterocycles. The summed E-state index contributed by atoms with van der Waals surface area (Å²) in [6.07, 6.45) is 62.1. The molecule has 14 heteroatoms. The molecular formula is C76H143NO13. The van der Waals surface area contributed by atoms with E-state index in [1.807, 2.05) is 6.08 Å². The number of hydrogen-bond donors (Lipinski definition) is 9. The van der Waals surface area contributed by atoms with Crippen molar-refractivity contribution in [2.45, 2.75) is 421 Å². The maximum Gasteiger partial charge on any atom is 0.220 e. The van der Waals surface area contributed by atoms with Crippen LogP contribution >= 0.6 is 0 Å². The van der Waals surface area contributed by atoms with Gasteiger partial charge in [-0.15, -0.1) is 0 Å². The highest BCUT2D eigenvalue weighted by Gasteiger charge is 2.51. The Morgan fingerprint density at radius 2 is 0.733 bits per heavy atom. The van der Waals surface area contributed by atoms with Gasteiger partial charge in [0.2, 0.25) is 5.91 Å². The molecule has 12 unspecified atom stereocenters. The minimum Gasteiger partial charge on any atom is -0.394 e. The van der Waals surface area contributed by atoms with Gasteiger partial charge in [-0.05, 0) is 51.4 Å². The molecule has 12 atom stereocenters. The van der Waals surface area contributed by atoms with Crippen LogP contribution in [0.15, 0.2) is 36.5 Å². The van der Waals surface area contributed by atoms with E-state index in [1.54, 1.807) is 6.08 Å². The molecule has 2 aliphatic heterocycles. The monoisotopic (exact) mass is 1280 g/mol. The zero-order valence-electron chi connectivity index (χ0n) is 57.9. The standard InChI is InChI=1S/C76H143NO13/c1-3-5-7-9-11-13-15-17-19-21-23-25-27-29-31-32-34-36-38-40-42-44-46-48-50-52-54-56-58-60-68(81)77-64(63-87-75-73(86)71(84)74(67(62-79)89-75)90-76-72(85)70(83)69(82)66(61-78)88-76)65(80)59-57-55-53-51-49-47-45-43-41-39-37-35-33-30-28-26-24-22-20-18-16-14-12-10-8-6-4-2/h15,17,21,23,57,59,64-67,69-76,78-80,82-86H,3-14,16,18-20,22,24-56,58,60-63H2,1-2H3,(H,77,81)/b17-15-,23-21-,59-57+. The van der Waals surface area contributed by atoms with Gasteiger partial charge in [0.15, 0.2) is 12.6 Å². The number of aliphatic hydroxyl groups excluding tert-OH is 8. The highest BCUT2D eigenvalue weighted by Crippen LogP contribution is 2.30. The Morgan fingerprint density at radius 3 is 1.11 bits per heavy atom. The molecule has 2 fully saturated rings. The van der Waals surface area contributed by atoms with Gasteiger partial charge in [-0.1, -0.05) is 326 Å². The summed E-state index contributed by atoms with van der Waals surface area (Å²) in [5, 5.41) is 87.6. The molecule has 2 rings (SSSR count). The Bertz CT molecular complexity index is 1650. The first-order chi connectivity index (χ1) is 44.1. The van der Waals surface area contributed by atoms with E-state index < -0.39 is 86.8 Å². The molecule has 2 aliphatic rings. The predicted octanol–water partition coefficient (Wildman–Crippen LogP) is 16.5. The number of carbonyl (C=O) groups excluding carboxylic acids is 1. The summed E-state index contributed by atoms with van der Waals surface area (Å²) in [5.41, 5.74) is 0. The summed E-state index contributed by atoms with van der Waals surface area (Å²) in [5.74, 6) is -0.233. The van der Waals surface area contributed by atoms with Crippen molar-refractivity contribution in [1.29, 1.82) is 0 Å². The molecule has 9 N–H and O–H groups in total. The van der Waals surface area contributed by atoms with Crippen molar-refractivity contribution in [1.82, 2.24) is 5.32 Å². The van der Waals surface area contributed by atoms with Crippen LogP contribution in [0.25, 0.3) is 0 Å². The number of unbranched alkanes of at least 4 members (excludes halogenated alkanes) is 47. The lowest BCUT2D eigenvalue weighted by molar-refractivity contribution is -0.359. The number of allylic oxidation sites excluding steroid dienone is 5. The van der Waals surface area contributed by atoms with Crippen molar-refractivity contribution in [3.8, 4) is 0 Å². The summed E-state index contributed by atoms with van der Waals surface area (Å²) in [6, 6.07) is -0.915. The summed E-state index contributed by atoms with van der Waals surface area (Å²) >= 11 is 0. The molecule has 2 heterocycles. The number of hydrogen-bond acceptors (Lipinski definition) is 13. The average Bonchev–Trinajstić information content (AvgIpc) is 1.26. The minimum atomic E-state index is -1.79. The topological polar surface area (TPSA) is 228 Å². The highest BCUT2D eigenvalue weighted by atomic mass is 16.7. The molecule has 0 aromatic carbocycles. The van der Waals surface area contributed by atoms with Gasteiger partial charge in [0, 0.05) is 6.42 Å². The van der Waals surface area contributed by atoms with Crippen LogP contribution in [0.1, 0.15) is 348 Å². The van der Waals surface area contributed by atoms with Gasteiger partial charge in [-0.2, -0.15) is 0 Å². The zero-order valence-corrected chi connectivity index (χ0v) is 57.9. The molecule has 0 saturated carbocycles. The van der Waals surface area contributed by atoms with E-state index in [2.05, 4.69) is 43.5 Å². The van der Waals surface area contributed by atoms with Gasteiger partial charge in [-0.3, -0.25) is 4.79 Å². The molecule has 530 valence electrons. The Labute approximate surface area is 551 Å². The number of amides is 1. The molecular weight excluding hydrogens is 1130 g/mol. The van der Waals surface area contributed by atoms with E-state index in [9.17, 15) is 45.6 Å². The maximum absolute atomic E-state index is 13.4. The van der Waals surface area contributed by atoms with E-state index in [0.717, 1.165) is 44.9 Å². The van der Waals surface area contributed by atoms with Crippen LogP contribution < -0.4 is 5.32 Å². The molecule has 2 saturated heterocycles. The van der Waals surface area contributed by atoms with E-state index >= 15 is 0 Å². The van der Waals surface area contributed by atoms with Crippen LogP contribution in [0, 0.1) is 0 Å². The maximum atomic E-state index is 13.4. The van der Waals surface area contributed by atoms with E-state index in [-0.39, 0.29) is 18.9 Å². The van der Waals surface area contributed by atoms with Gasteiger partial charge < -0.3 is 65.1 Å². The lowest BCUT2D eigenvalue weighted by Crippen LogP contribution is -2.65. The van der Waals surface area contributed by atoms with Crippen LogP contribution in [0.4, 0.5) is 0 Å². The third kappa shape index (κ3) is 44.0. The van der Waals surface area contributed by atoms with Crippen LogP contribution in [0.3, 0.4) is 0 Å². The molecule has 1 amide bonds. The predicted molar refractivity (Wildman–Crippen MR) is 369 cm³/mol. The first-order valence-corrected chi connectivity index (χ1v) is 38.2. The number of ether oxygens (including phenoxy) is 4. The largest absolute Gasteiger partial charge is 0.394 e. The fourth-order valence-corrected chi connectivity index (χ4v) is 12.7. The first-order valence-electron chi connectivity index (χ1n) is 38.2. The minimum absolute atomic E-state index is 0.233. The Hall–Kier alpha value is -1.79. The summed E-state index contributed by atoms with van der Waals surface area (Å²) in [4.78, 5) is 13.4. The number of aliphatic hydroxyl groups is 8. The Balaban J connectivity index is 1.64. The lowest BCUT2D eigenvalue weighted by Gasteiger charge is -2.46. The molecule has 0 spiro atoms. The van der Waals surface area contributed by atoms with Crippen LogP contribution in [0.5, 0.6) is 0 Å². The van der Waals surface area contributed by atoms with Gasteiger partial charge >= 0.3 is 0 Å². The Kier molecular flexibility index (Phi) is 57.0. The summed E-state index contributed by atoms with van der Waals surface area (Å²) in [7, 11) is 0. The van der Waals surface area contributed by atoms with Crippen molar-refractivity contribution >= 4 is 5.91 Å². The third-order valence-corrected chi connectivity index (χ3v) is 18.8. The van der Waals surface area contributed by atoms with Crippen LogP contribution in [0.2, 0.25) is 0 Å². The fourth-order valence-electron chi connectivity index (χ4n) is 12.7. The second-order valence-corrected chi connectivity index (χ2v) is 27.1. The van der Waals surface area contributed by atoms with E-state index in [1.165, 1.54) is 276 Å². The molecule has 0 radical (unpaired) electrons. The summed E-state index contributed by atoms with van der Waals surface area (Å²) < 4.78 is 22.9. The van der Waals surface area contributed by atoms with E-state index in [0.29, 0.717) is 6.42 Å². The lowest BCUT2D eigenvalue weighted by atomic mass is 9.97. The quantitative estimate of drug-likeness (QED) is 0.0204. The number of rotatable bonds is 64. The number of carbonyl (C=O) groups is 1. The third-order valence-electron chi connectivity index (χ3n) is 18.8. The molecule has 0 aromatic rings. The molecule has 0 bridgehead atoms. The SMILES string of the molecule is CCCCCCC/C=C\C/C=C\CCCCCCCCCCCCCCCCCCCC(=O)NC(COC1OC(CO)C(OC2OC(CO)C(O)C(O)C2O)C(O)C1O)C(O)/C=C/CCCCCCCCCCCCCCCCCCCCCCCCCCC. The van der Waals surface area contributed by atoms with Gasteiger partial charge in [0.25, 0.3) is 0 Å². The first kappa shape index (κ1) is 84.3. The van der Waals surface area contributed by atoms with Crippen molar-refractivity contribution in [2.75, 3.05) is 19.8 Å². The van der Waals surface area contributed by atoms with Crippen molar-refractivity contribution in [3.05, 3.63) is 36.5 Å². The molecule has 0 aliphatic carbocycles. The summed E-state index contributed by atoms with van der Waals surface area (Å²) in [6.45, 7) is 2.85. The highest BCUT2D eigenvalue weighted by molar-refractivity contribution is 5.76. The van der Waals surface area contributed by atoms with Crippen molar-refractivity contribution in [3.63, 3.8) is 0 Å². The van der Waals surface area contributed by atoms with E-state index in [4.69, 9.17) is 18.9 Å². The number of nitrogens with one attached hydrogen (secondary N) is 1. The van der Waals surface area contributed by atoms with Gasteiger partial charge in [-0.25, -0.2) is 0 Å². The van der Waals surface area contributed by atoms with Crippen molar-refractivity contribution in [2.24, 2.45) is 0 Å². The van der Waals surface area contributed by atoms with Gasteiger partial charge in [0.1, 0.15) is 48.8 Å². The normalized spacial score (nSPS) is 23.0. The Morgan fingerprint density at radius 1 is 0.400 bits per heavy atom. The van der Waals surface area contributed by atoms with Crippen molar-refractivity contribution < 1.29 is 64.6 Å². The molecule has 14 nitrogen and oxygen atoms in total. The second kappa shape index (κ2) is 60.8. The van der Waals surface area contributed by atoms with Crippen LogP contribution in [-0.4, -0.2) is 140 Å². The average molecular weight is 1280 g/mol. The molecule has 90 heavy (non-hydrogen) atoms. The van der Waals surface area contributed by atoms with Crippen LogP contribution in [-0.2, 0) is 23.7 Å². The smallest absolute Gasteiger partial charge is 0.220 e. The van der Waals surface area contributed by atoms with Gasteiger partial charge in [0.05, 0.1) is 32.0 Å².